The number of carbonyl (C=O) groups is 1. The summed E-state index contributed by atoms with van der Waals surface area (Å²) in [6, 6.07) is 0. The fraction of sp³-hybridized carbons (Fsp3) is 0.667. The molecule has 0 aliphatic carbocycles. The Morgan fingerprint density at radius 2 is 1.85 bits per heavy atom. The van der Waals surface area contributed by atoms with Gasteiger partial charge in [0.15, 0.2) is 5.79 Å². The lowest BCUT2D eigenvalue weighted by Gasteiger charge is -2.20. The van der Waals surface area contributed by atoms with Crippen LogP contribution in [0.1, 0.15) is 34.6 Å². The van der Waals surface area contributed by atoms with Gasteiger partial charge in [0.05, 0.1) is 6.61 Å². The monoisotopic (exact) mass is 394 g/mol. The summed E-state index contributed by atoms with van der Waals surface area (Å²) in [5, 5.41) is 0. The van der Waals surface area contributed by atoms with E-state index in [0.29, 0.717) is 0 Å². The van der Waals surface area contributed by atoms with E-state index in [9.17, 15) is 4.79 Å². The van der Waals surface area contributed by atoms with Crippen molar-refractivity contribution in [3.8, 4) is 11.5 Å². The number of allylic oxidation sites excluding steroid dienone is 3. The van der Waals surface area contributed by atoms with Crippen molar-refractivity contribution in [1.29, 1.82) is 0 Å². The quantitative estimate of drug-likeness (QED) is 0.296. The molecule has 1 saturated heterocycles. The fourth-order valence-electron chi connectivity index (χ4n) is 2.32. The molecule has 0 N–H and O–H groups in total. The lowest BCUT2D eigenvalue weighted by atomic mass is 10.2. The Labute approximate surface area is 165 Å². The average Bonchev–Trinajstić information content (AvgIpc) is 2.74. The third kappa shape index (κ3) is 11.1. The molecule has 2 atom stereocenters. The molecule has 0 spiro atoms. The zero-order valence-corrected chi connectivity index (χ0v) is 18.9. The molecule has 0 radical (unpaired) electrons. The second-order valence-electron chi connectivity index (χ2n) is 9.00. The number of rotatable bonds is 6. The molecule has 27 heavy (non-hydrogen) atoms. The van der Waals surface area contributed by atoms with Crippen LogP contribution in [-0.4, -0.2) is 50.9 Å². The maximum atomic E-state index is 11.7. The van der Waals surface area contributed by atoms with Crippen molar-refractivity contribution in [2.24, 2.45) is 0 Å². The van der Waals surface area contributed by atoms with Gasteiger partial charge in [0.2, 0.25) is 0 Å². The first-order chi connectivity index (χ1) is 12.3. The van der Waals surface area contributed by atoms with Crippen LogP contribution in [0, 0.1) is 11.5 Å². The smallest absolute Gasteiger partial charge is 0.332 e. The van der Waals surface area contributed by atoms with Gasteiger partial charge in [-0.25, -0.2) is 4.79 Å². The summed E-state index contributed by atoms with van der Waals surface area (Å²) in [4.78, 5) is 11.7. The second kappa shape index (κ2) is 9.70. The van der Waals surface area contributed by atoms with Crippen molar-refractivity contribution in [3.63, 3.8) is 0 Å². The molecule has 0 aromatic carbocycles. The molecule has 0 aromatic rings. The Morgan fingerprint density at radius 3 is 2.44 bits per heavy atom. The first-order valence-corrected chi connectivity index (χ1v) is 12.8. The summed E-state index contributed by atoms with van der Waals surface area (Å²) in [5.74, 6) is 1.99. The van der Waals surface area contributed by atoms with Gasteiger partial charge < -0.3 is 18.9 Å². The van der Waals surface area contributed by atoms with Crippen molar-refractivity contribution in [1.82, 2.24) is 0 Å². The first-order valence-electron chi connectivity index (χ1n) is 9.29. The second-order valence-corrected chi connectivity index (χ2v) is 13.8. The summed E-state index contributed by atoms with van der Waals surface area (Å²) in [5.41, 5.74) is 2.75. The van der Waals surface area contributed by atoms with Crippen LogP contribution in [0.5, 0.6) is 0 Å². The van der Waals surface area contributed by atoms with Crippen LogP contribution < -0.4 is 0 Å². The van der Waals surface area contributed by atoms with Crippen molar-refractivity contribution in [2.75, 3.05) is 13.2 Å². The van der Waals surface area contributed by atoms with E-state index in [1.54, 1.807) is 0 Å². The van der Waals surface area contributed by atoms with E-state index in [2.05, 4.69) is 31.1 Å². The van der Waals surface area contributed by atoms with E-state index in [1.807, 2.05) is 58.9 Å². The zero-order chi connectivity index (χ0) is 20.7. The highest BCUT2D eigenvalue weighted by molar-refractivity contribution is 6.83. The normalized spacial score (nSPS) is 22.8. The van der Waals surface area contributed by atoms with E-state index in [1.165, 1.54) is 0 Å². The maximum Gasteiger partial charge on any atom is 0.332 e. The molecule has 0 unspecified atom stereocenters. The Balaban J connectivity index is 2.54. The highest BCUT2D eigenvalue weighted by atomic mass is 28.3. The maximum absolute atomic E-state index is 11.7. The average molecular weight is 395 g/mol. The third-order valence-electron chi connectivity index (χ3n) is 3.18. The van der Waals surface area contributed by atoms with Gasteiger partial charge in [-0.15, -0.1) is 5.54 Å². The van der Waals surface area contributed by atoms with Gasteiger partial charge in [0, 0.05) is 0 Å². The molecule has 6 heteroatoms. The number of hydrogen-bond donors (Lipinski definition) is 0. The van der Waals surface area contributed by atoms with Crippen LogP contribution >= 0.6 is 0 Å². The predicted octanol–water partition coefficient (Wildman–Crippen LogP) is 3.86. The lowest BCUT2D eigenvalue weighted by molar-refractivity contribution is -0.164. The van der Waals surface area contributed by atoms with Crippen molar-refractivity contribution in [3.05, 3.63) is 24.3 Å². The van der Waals surface area contributed by atoms with Gasteiger partial charge in [-0.05, 0) is 40.7 Å². The van der Waals surface area contributed by atoms with Gasteiger partial charge in [-0.1, -0.05) is 43.8 Å². The molecule has 0 bridgehead atoms. The predicted molar refractivity (Wildman–Crippen MR) is 110 cm³/mol. The van der Waals surface area contributed by atoms with Crippen molar-refractivity contribution >= 4 is 14.0 Å². The first kappa shape index (κ1) is 23.6. The molecule has 0 aromatic heterocycles. The van der Waals surface area contributed by atoms with E-state index < -0.39 is 25.4 Å². The summed E-state index contributed by atoms with van der Waals surface area (Å²) < 4.78 is 22.5. The van der Waals surface area contributed by atoms with Crippen LogP contribution in [-0.2, 0) is 23.7 Å². The number of hydrogen-bond acceptors (Lipinski definition) is 5. The summed E-state index contributed by atoms with van der Waals surface area (Å²) in [7, 11) is -1.35. The van der Waals surface area contributed by atoms with Crippen LogP contribution in [0.15, 0.2) is 24.3 Å². The minimum atomic E-state index is -1.35. The van der Waals surface area contributed by atoms with Crippen LogP contribution in [0.25, 0.3) is 0 Å². The van der Waals surface area contributed by atoms with E-state index in [-0.39, 0.29) is 25.4 Å². The Kier molecular flexibility index (Phi) is 8.49. The Hall–Kier alpha value is -1.39. The third-order valence-corrected chi connectivity index (χ3v) is 4.08. The van der Waals surface area contributed by atoms with E-state index >= 15 is 0 Å². The van der Waals surface area contributed by atoms with Crippen LogP contribution in [0.3, 0.4) is 0 Å². The van der Waals surface area contributed by atoms with Gasteiger partial charge in [0.25, 0.3) is 0 Å². The highest BCUT2D eigenvalue weighted by Gasteiger charge is 2.40. The molecule has 1 aliphatic rings. The number of carbonyl (C=O) groups excluding carboxylic acids is 1. The molecule has 152 valence electrons. The van der Waals surface area contributed by atoms with E-state index in [4.69, 9.17) is 18.9 Å². The number of esters is 1. The molecule has 5 nitrogen and oxygen atoms in total. The molecule has 0 saturated carbocycles. The van der Waals surface area contributed by atoms with Crippen LogP contribution in [0.2, 0.25) is 19.6 Å². The van der Waals surface area contributed by atoms with Crippen molar-refractivity contribution in [2.45, 2.75) is 77.9 Å². The molecule has 1 rings (SSSR count). The van der Waals surface area contributed by atoms with Crippen LogP contribution in [0.4, 0.5) is 0 Å². The Morgan fingerprint density at radius 1 is 1.19 bits per heavy atom. The topological polar surface area (TPSA) is 54.0 Å². The Bertz CT molecular complexity index is 611. The molecular formula is C21H34O5Si. The SMILES string of the molecule is CC(C)(C)OC(=O)COC[C@@H]1OC(C)(C)O[C@@H]1C=CC=CC#C[Si](C)(C)C. The summed E-state index contributed by atoms with van der Waals surface area (Å²) in [6.07, 6.45) is 7.00. The molecule has 0 amide bonds. The fourth-order valence-corrected chi connectivity index (χ4v) is 2.84. The standard InChI is InChI=1S/C21H34O5Si/c1-20(2,3)26-19(22)16-23-15-18-17(24-21(4,5)25-18)13-11-9-10-12-14-27(6,7)8/h9-11,13,17-18H,15-16H2,1-8H3/t17-,18+/m1/s1. The largest absolute Gasteiger partial charge is 0.458 e. The van der Waals surface area contributed by atoms with Gasteiger partial charge in [0.1, 0.15) is 32.5 Å². The lowest BCUT2D eigenvalue weighted by Crippen LogP contribution is -2.30. The highest BCUT2D eigenvalue weighted by Crippen LogP contribution is 2.29. The van der Waals surface area contributed by atoms with Gasteiger partial charge in [-0.2, -0.15) is 0 Å². The minimum absolute atomic E-state index is 0.111. The number of ether oxygens (including phenoxy) is 4. The summed E-state index contributed by atoms with van der Waals surface area (Å²) in [6.45, 7) is 15.9. The summed E-state index contributed by atoms with van der Waals surface area (Å²) >= 11 is 0. The zero-order valence-electron chi connectivity index (χ0n) is 17.9. The molecule has 1 aliphatic heterocycles. The van der Waals surface area contributed by atoms with E-state index in [0.717, 1.165) is 0 Å². The molecule has 1 fully saturated rings. The van der Waals surface area contributed by atoms with Crippen molar-refractivity contribution < 1.29 is 23.7 Å². The molecule has 1 heterocycles. The van der Waals surface area contributed by atoms with Gasteiger partial charge >= 0.3 is 5.97 Å². The minimum Gasteiger partial charge on any atom is -0.458 e. The van der Waals surface area contributed by atoms with Gasteiger partial charge in [-0.3, -0.25) is 0 Å². The molecular weight excluding hydrogens is 360 g/mol.